The van der Waals surface area contributed by atoms with E-state index in [1.807, 2.05) is 60.7 Å². The highest BCUT2D eigenvalue weighted by molar-refractivity contribution is 5.72. The SMILES string of the molecule is CC(C)(C)OC(=O)N1C[C@H](OCc2ccccc2)C[C@@H]1[C@@H](O)[C@@H](N)Cc1cc(F)cc(F)c1.CC(C)(C)OC(=O)N1C[C@H](OCc2ccccc2)C[C@@H]1[C@H]1OC(=O)N[C@H]1Cc1cc(F)cc(F)c1. The van der Waals surface area contributed by atoms with Crippen molar-refractivity contribution in [2.24, 2.45) is 5.73 Å². The van der Waals surface area contributed by atoms with Gasteiger partial charge in [0.15, 0.2) is 0 Å². The number of aliphatic hydroxyl groups excluding tert-OH is 1. The predicted octanol–water partition coefficient (Wildman–Crippen LogP) is 8.37. The standard InChI is InChI=1S/C26H30F2N2O5.C25H32F2N2O4/c1-26(2,3)35-25(32)30-14-20(33-15-16-7-5-4-6-8-16)13-22(30)23-21(29-24(31)34-23)11-17-9-18(27)12-19(28)10-17;1-25(2,3)33-24(31)29-14-20(32-15-16-7-5-4-6-8-16)13-22(29)23(30)21(28)11-17-9-18(26)12-19(27)10-17/h4-10,12,20-23H,11,13-15H2,1-3H3,(H,29,31);4-10,12,20-23,30H,11,13-15,28H2,1-3H3/t2*20-,21+,22-,23+/m11/s1. The highest BCUT2D eigenvalue weighted by Gasteiger charge is 2.49. The van der Waals surface area contributed by atoms with Gasteiger partial charge in [0.1, 0.15) is 40.6 Å². The average molecular weight is 951 g/mol. The van der Waals surface area contributed by atoms with Crippen LogP contribution in [0.5, 0.6) is 0 Å². The fraction of sp³-hybridized carbons (Fsp3) is 0.471. The first-order chi connectivity index (χ1) is 32.1. The maximum Gasteiger partial charge on any atom is 0.410 e. The lowest BCUT2D eigenvalue weighted by molar-refractivity contribution is -0.000402. The van der Waals surface area contributed by atoms with Crippen LogP contribution >= 0.6 is 0 Å². The molecular weight excluding hydrogens is 889 g/mol. The zero-order chi connectivity index (χ0) is 49.3. The fourth-order valence-corrected chi connectivity index (χ4v) is 8.54. The molecule has 13 nitrogen and oxygen atoms in total. The predicted molar refractivity (Wildman–Crippen MR) is 244 cm³/mol. The Kier molecular flexibility index (Phi) is 17.1. The van der Waals surface area contributed by atoms with Gasteiger partial charge in [-0.2, -0.15) is 0 Å². The van der Waals surface area contributed by atoms with Crippen LogP contribution in [0.15, 0.2) is 97.1 Å². The van der Waals surface area contributed by atoms with Gasteiger partial charge in [-0.3, -0.25) is 9.80 Å². The smallest absolute Gasteiger partial charge is 0.410 e. The number of hydrogen-bond donors (Lipinski definition) is 3. The van der Waals surface area contributed by atoms with Crippen molar-refractivity contribution in [1.82, 2.24) is 15.1 Å². The van der Waals surface area contributed by atoms with Crippen molar-refractivity contribution in [2.45, 2.75) is 140 Å². The number of rotatable bonds is 13. The number of aliphatic hydroxyl groups is 1. The number of alkyl carbamates (subject to hydrolysis) is 1. The van der Waals surface area contributed by atoms with E-state index in [0.717, 1.165) is 23.3 Å². The van der Waals surface area contributed by atoms with Crippen molar-refractivity contribution in [2.75, 3.05) is 13.1 Å². The monoisotopic (exact) mass is 950 g/mol. The molecule has 8 atom stereocenters. The van der Waals surface area contributed by atoms with Gasteiger partial charge in [0.05, 0.1) is 62.7 Å². The Morgan fingerprint density at radius 1 is 0.706 bits per heavy atom. The summed E-state index contributed by atoms with van der Waals surface area (Å²) >= 11 is 0. The maximum absolute atomic E-state index is 13.7. The average Bonchev–Trinajstić information content (AvgIpc) is 3.98. The van der Waals surface area contributed by atoms with E-state index >= 15 is 0 Å². The number of ether oxygens (including phenoxy) is 5. The van der Waals surface area contributed by atoms with Gasteiger partial charge in [0, 0.05) is 18.2 Å². The molecule has 368 valence electrons. The number of benzene rings is 4. The lowest BCUT2D eigenvalue weighted by atomic mass is 9.95. The molecule has 0 unspecified atom stereocenters. The number of carbonyl (C=O) groups excluding carboxylic acids is 3. The van der Waals surface area contributed by atoms with Gasteiger partial charge in [-0.25, -0.2) is 31.9 Å². The van der Waals surface area contributed by atoms with Crippen LogP contribution in [0.2, 0.25) is 0 Å². The van der Waals surface area contributed by atoms with E-state index < -0.39 is 89.1 Å². The summed E-state index contributed by atoms with van der Waals surface area (Å²) in [7, 11) is 0. The maximum atomic E-state index is 13.7. The molecule has 17 heteroatoms. The summed E-state index contributed by atoms with van der Waals surface area (Å²) in [6.45, 7) is 11.9. The number of nitrogens with two attached hydrogens (primary N) is 1. The Labute approximate surface area is 394 Å². The first-order valence-corrected chi connectivity index (χ1v) is 22.7. The van der Waals surface area contributed by atoms with Gasteiger partial charge >= 0.3 is 18.3 Å². The van der Waals surface area contributed by atoms with Crippen LogP contribution in [0.25, 0.3) is 0 Å². The molecular formula is C51H62F4N4O9. The van der Waals surface area contributed by atoms with Crippen molar-refractivity contribution < 1.29 is 60.7 Å². The van der Waals surface area contributed by atoms with Gasteiger partial charge in [0.25, 0.3) is 0 Å². The molecule has 0 aromatic heterocycles. The summed E-state index contributed by atoms with van der Waals surface area (Å²) in [6.07, 6.45) is -3.30. The first kappa shape index (κ1) is 51.6. The summed E-state index contributed by atoms with van der Waals surface area (Å²) in [5.41, 5.74) is 7.49. The largest absolute Gasteiger partial charge is 0.444 e. The van der Waals surface area contributed by atoms with E-state index in [9.17, 15) is 37.1 Å². The van der Waals surface area contributed by atoms with Gasteiger partial charge in [-0.1, -0.05) is 60.7 Å². The van der Waals surface area contributed by atoms with Crippen LogP contribution in [0.3, 0.4) is 0 Å². The lowest BCUT2D eigenvalue weighted by Crippen LogP contribution is -2.52. The van der Waals surface area contributed by atoms with Crippen LogP contribution in [-0.2, 0) is 49.7 Å². The summed E-state index contributed by atoms with van der Waals surface area (Å²) in [5, 5.41) is 13.7. The molecule has 3 fully saturated rings. The molecule has 4 aromatic rings. The lowest BCUT2D eigenvalue weighted by Gasteiger charge is -2.33. The topological polar surface area (TPSA) is 162 Å². The Morgan fingerprint density at radius 3 is 1.66 bits per heavy atom. The minimum Gasteiger partial charge on any atom is -0.444 e. The summed E-state index contributed by atoms with van der Waals surface area (Å²) in [4.78, 5) is 41.1. The number of amides is 3. The van der Waals surface area contributed by atoms with Crippen LogP contribution in [0.1, 0.15) is 76.6 Å². The molecule has 4 aromatic carbocycles. The Balaban J connectivity index is 0.000000224. The fourth-order valence-electron chi connectivity index (χ4n) is 8.54. The molecule has 0 spiro atoms. The Hall–Kier alpha value is -5.75. The molecule has 3 aliphatic rings. The van der Waals surface area contributed by atoms with Gasteiger partial charge in [-0.05, 0) is 114 Å². The summed E-state index contributed by atoms with van der Waals surface area (Å²) in [5.74, 6) is -2.82. The second-order valence-electron chi connectivity index (χ2n) is 19.4. The number of hydrogen-bond acceptors (Lipinski definition) is 10. The summed E-state index contributed by atoms with van der Waals surface area (Å²) < 4.78 is 83.4. The second kappa shape index (κ2) is 22.6. The Bertz CT molecular complexity index is 2280. The molecule has 4 N–H and O–H groups in total. The number of nitrogens with one attached hydrogen (secondary N) is 1. The van der Waals surface area contributed by atoms with Crippen LogP contribution in [-0.4, -0.2) is 106 Å². The van der Waals surface area contributed by atoms with E-state index in [-0.39, 0.29) is 38.1 Å². The number of nitrogens with zero attached hydrogens (tertiary/aromatic N) is 2. The van der Waals surface area contributed by atoms with E-state index in [2.05, 4.69) is 5.32 Å². The highest BCUT2D eigenvalue weighted by atomic mass is 19.1. The molecule has 0 saturated carbocycles. The quantitative estimate of drug-likeness (QED) is 0.0878. The zero-order valence-corrected chi connectivity index (χ0v) is 39.2. The molecule has 68 heavy (non-hydrogen) atoms. The Morgan fingerprint density at radius 2 is 1.16 bits per heavy atom. The van der Waals surface area contributed by atoms with Gasteiger partial charge in [0.2, 0.25) is 0 Å². The molecule has 0 aliphatic carbocycles. The van der Waals surface area contributed by atoms with Crippen molar-refractivity contribution in [3.8, 4) is 0 Å². The number of likely N-dealkylation sites (tertiary alicyclic amines) is 2. The normalized spacial score (nSPS) is 22.4. The highest BCUT2D eigenvalue weighted by Crippen LogP contribution is 2.32. The minimum atomic E-state index is -1.14. The second-order valence-corrected chi connectivity index (χ2v) is 19.4. The summed E-state index contributed by atoms with van der Waals surface area (Å²) in [6, 6.07) is 23.1. The van der Waals surface area contributed by atoms with Crippen molar-refractivity contribution in [3.05, 3.63) is 143 Å². The van der Waals surface area contributed by atoms with Crippen molar-refractivity contribution in [1.29, 1.82) is 0 Å². The number of halogens is 4. The van der Waals surface area contributed by atoms with E-state index in [1.165, 1.54) is 34.1 Å². The molecule has 3 amide bonds. The molecule has 0 radical (unpaired) electrons. The third-order valence-corrected chi connectivity index (χ3v) is 11.4. The van der Waals surface area contributed by atoms with E-state index in [4.69, 9.17) is 29.4 Å². The zero-order valence-electron chi connectivity index (χ0n) is 39.2. The van der Waals surface area contributed by atoms with Crippen molar-refractivity contribution >= 4 is 18.3 Å². The number of cyclic esters (lactones) is 1. The van der Waals surface area contributed by atoms with Crippen molar-refractivity contribution in [3.63, 3.8) is 0 Å². The van der Waals surface area contributed by atoms with Gasteiger partial charge in [-0.15, -0.1) is 0 Å². The van der Waals surface area contributed by atoms with Crippen LogP contribution < -0.4 is 11.1 Å². The van der Waals surface area contributed by atoms with E-state index in [0.29, 0.717) is 37.2 Å². The van der Waals surface area contributed by atoms with E-state index in [1.54, 1.807) is 41.5 Å². The molecule has 0 bridgehead atoms. The third-order valence-electron chi connectivity index (χ3n) is 11.4. The minimum absolute atomic E-state index is 0.0457. The van der Waals surface area contributed by atoms with Gasteiger partial charge < -0.3 is 39.8 Å². The van der Waals surface area contributed by atoms with Crippen LogP contribution in [0.4, 0.5) is 31.9 Å². The molecule has 3 saturated heterocycles. The molecule has 3 aliphatic heterocycles. The third kappa shape index (κ3) is 15.1. The molecule has 7 rings (SSSR count). The molecule has 3 heterocycles. The first-order valence-electron chi connectivity index (χ1n) is 22.7. The van der Waals surface area contributed by atoms with Crippen LogP contribution in [0, 0.1) is 23.3 Å². The number of carbonyl (C=O) groups is 3.